The zero-order valence-corrected chi connectivity index (χ0v) is 20.2. The second-order valence-electron chi connectivity index (χ2n) is 9.23. The number of hydrogen-bond acceptors (Lipinski definition) is 4. The van der Waals surface area contributed by atoms with Crippen LogP contribution in [0.2, 0.25) is 0 Å². The predicted molar refractivity (Wildman–Crippen MR) is 138 cm³/mol. The van der Waals surface area contributed by atoms with Gasteiger partial charge in [-0.3, -0.25) is 9.69 Å². The van der Waals surface area contributed by atoms with Gasteiger partial charge in [0, 0.05) is 19.6 Å². The van der Waals surface area contributed by atoms with E-state index in [-0.39, 0.29) is 11.8 Å². The first-order valence-corrected chi connectivity index (χ1v) is 12.3. The molecule has 0 bridgehead atoms. The lowest BCUT2D eigenvalue weighted by atomic mass is 9.97. The second kappa shape index (κ2) is 10.7. The molecule has 4 aromatic rings. The number of para-hydroxylation sites is 2. The molecule has 0 unspecified atom stereocenters. The normalized spacial score (nSPS) is 16.3. The molecule has 5 rings (SSSR count). The third-order valence-electron chi connectivity index (χ3n) is 6.78. The molecule has 1 atom stereocenters. The number of methoxy groups -OCH3 is 1. The SMILES string of the molecule is COc1ccc(Cn2c(CN3CCC[C@H](C(=O)NCc4ccccc4)C3)nc3ccccc32)cc1. The quantitative estimate of drug-likeness (QED) is 0.410. The van der Waals surface area contributed by atoms with Crippen LogP contribution in [0.15, 0.2) is 78.9 Å². The van der Waals surface area contributed by atoms with Crippen LogP contribution >= 0.6 is 0 Å². The van der Waals surface area contributed by atoms with E-state index >= 15 is 0 Å². The van der Waals surface area contributed by atoms with Crippen LogP contribution < -0.4 is 10.1 Å². The van der Waals surface area contributed by atoms with Crippen LogP contribution in [0, 0.1) is 5.92 Å². The standard InChI is InChI=1S/C29H32N4O2/c1-35-25-15-13-23(14-16-25)19-33-27-12-6-5-11-26(27)31-28(33)21-32-17-7-10-24(20-32)29(34)30-18-22-8-3-2-4-9-22/h2-6,8-9,11-16,24H,7,10,17-21H2,1H3,(H,30,34)/t24-/m0/s1. The zero-order chi connectivity index (χ0) is 24.0. The maximum Gasteiger partial charge on any atom is 0.224 e. The van der Waals surface area contributed by atoms with Gasteiger partial charge in [-0.25, -0.2) is 4.98 Å². The predicted octanol–water partition coefficient (Wildman–Crippen LogP) is 4.62. The molecule has 0 saturated carbocycles. The van der Waals surface area contributed by atoms with Crippen molar-refractivity contribution in [3.63, 3.8) is 0 Å². The van der Waals surface area contributed by atoms with E-state index in [4.69, 9.17) is 9.72 Å². The van der Waals surface area contributed by atoms with E-state index in [0.29, 0.717) is 6.54 Å². The lowest BCUT2D eigenvalue weighted by Crippen LogP contribution is -2.42. The van der Waals surface area contributed by atoms with Crippen LogP contribution in [0.5, 0.6) is 5.75 Å². The monoisotopic (exact) mass is 468 g/mol. The molecular formula is C29H32N4O2. The highest BCUT2D eigenvalue weighted by Crippen LogP contribution is 2.23. The van der Waals surface area contributed by atoms with Gasteiger partial charge in [0.15, 0.2) is 0 Å². The van der Waals surface area contributed by atoms with E-state index in [2.05, 4.69) is 45.1 Å². The van der Waals surface area contributed by atoms with Gasteiger partial charge in [-0.2, -0.15) is 0 Å². The fourth-order valence-corrected chi connectivity index (χ4v) is 4.88. The average molecular weight is 469 g/mol. The first kappa shape index (κ1) is 23.1. The van der Waals surface area contributed by atoms with Gasteiger partial charge in [-0.05, 0) is 54.8 Å². The number of nitrogens with zero attached hydrogens (tertiary/aromatic N) is 3. The van der Waals surface area contributed by atoms with E-state index in [1.165, 1.54) is 5.56 Å². The summed E-state index contributed by atoms with van der Waals surface area (Å²) in [6.45, 7) is 3.79. The van der Waals surface area contributed by atoms with E-state index in [9.17, 15) is 4.79 Å². The van der Waals surface area contributed by atoms with Crippen LogP contribution in [0.25, 0.3) is 11.0 Å². The molecule has 6 nitrogen and oxygen atoms in total. The molecule has 0 spiro atoms. The first-order valence-electron chi connectivity index (χ1n) is 12.3. The minimum atomic E-state index is 0.00637. The smallest absolute Gasteiger partial charge is 0.224 e. The molecule has 35 heavy (non-hydrogen) atoms. The average Bonchev–Trinajstić information content (AvgIpc) is 3.25. The van der Waals surface area contributed by atoms with E-state index < -0.39 is 0 Å². The molecule has 0 aliphatic carbocycles. The number of hydrogen-bond donors (Lipinski definition) is 1. The Morgan fingerprint density at radius 2 is 1.74 bits per heavy atom. The number of fused-ring (bicyclic) bond motifs is 1. The summed E-state index contributed by atoms with van der Waals surface area (Å²) in [7, 11) is 1.68. The van der Waals surface area contributed by atoms with Crippen molar-refractivity contribution in [2.75, 3.05) is 20.2 Å². The fraction of sp³-hybridized carbons (Fsp3) is 0.310. The van der Waals surface area contributed by atoms with Crippen LogP contribution in [-0.4, -0.2) is 40.6 Å². The Kier molecular flexibility index (Phi) is 7.09. The Hall–Kier alpha value is -3.64. The first-order chi connectivity index (χ1) is 17.2. The van der Waals surface area contributed by atoms with Crippen LogP contribution in [0.4, 0.5) is 0 Å². The number of carbonyl (C=O) groups excluding carboxylic acids is 1. The van der Waals surface area contributed by atoms with Crippen LogP contribution in [0.3, 0.4) is 0 Å². The summed E-state index contributed by atoms with van der Waals surface area (Å²) in [6.07, 6.45) is 1.95. The maximum absolute atomic E-state index is 12.9. The van der Waals surface area contributed by atoms with Gasteiger partial charge >= 0.3 is 0 Å². The van der Waals surface area contributed by atoms with Crippen LogP contribution in [0.1, 0.15) is 29.8 Å². The molecule has 1 aliphatic heterocycles. The van der Waals surface area contributed by atoms with Crippen molar-refractivity contribution in [1.29, 1.82) is 0 Å². The maximum atomic E-state index is 12.9. The largest absolute Gasteiger partial charge is 0.497 e. The number of piperidine rings is 1. The summed E-state index contributed by atoms with van der Waals surface area (Å²) in [6, 6.07) is 26.6. The molecule has 1 amide bonds. The summed E-state index contributed by atoms with van der Waals surface area (Å²) in [5.41, 5.74) is 4.46. The molecule has 180 valence electrons. The third-order valence-corrected chi connectivity index (χ3v) is 6.78. The van der Waals surface area contributed by atoms with E-state index in [1.54, 1.807) is 7.11 Å². The summed E-state index contributed by atoms with van der Waals surface area (Å²) >= 11 is 0. The van der Waals surface area contributed by atoms with Crippen molar-refractivity contribution >= 4 is 16.9 Å². The Morgan fingerprint density at radius 3 is 2.54 bits per heavy atom. The second-order valence-corrected chi connectivity index (χ2v) is 9.23. The van der Waals surface area contributed by atoms with Gasteiger partial charge in [0.25, 0.3) is 0 Å². The number of benzene rings is 3. The van der Waals surface area contributed by atoms with Crippen molar-refractivity contribution in [2.45, 2.75) is 32.5 Å². The van der Waals surface area contributed by atoms with Crippen molar-refractivity contribution < 1.29 is 9.53 Å². The minimum Gasteiger partial charge on any atom is -0.497 e. The van der Waals surface area contributed by atoms with Crippen molar-refractivity contribution in [1.82, 2.24) is 19.8 Å². The Labute approximate surface area is 206 Å². The van der Waals surface area contributed by atoms with E-state index in [1.807, 2.05) is 48.5 Å². The number of nitrogens with one attached hydrogen (secondary N) is 1. The van der Waals surface area contributed by atoms with Crippen LogP contribution in [-0.2, 0) is 24.4 Å². The van der Waals surface area contributed by atoms with Crippen molar-refractivity contribution in [3.8, 4) is 5.75 Å². The summed E-state index contributed by atoms with van der Waals surface area (Å²) in [5.74, 6) is 2.04. The molecule has 1 fully saturated rings. The summed E-state index contributed by atoms with van der Waals surface area (Å²) in [4.78, 5) is 20.3. The lowest BCUT2D eigenvalue weighted by molar-refractivity contribution is -0.127. The Morgan fingerprint density at radius 1 is 0.971 bits per heavy atom. The van der Waals surface area contributed by atoms with Gasteiger partial charge in [0.05, 0.1) is 30.6 Å². The highest BCUT2D eigenvalue weighted by atomic mass is 16.5. The minimum absolute atomic E-state index is 0.00637. The van der Waals surface area contributed by atoms with Crippen molar-refractivity contribution in [2.24, 2.45) is 5.92 Å². The number of likely N-dealkylation sites (tertiary alicyclic amines) is 1. The van der Waals surface area contributed by atoms with Gasteiger partial charge in [0.1, 0.15) is 11.6 Å². The van der Waals surface area contributed by atoms with E-state index in [0.717, 1.165) is 67.2 Å². The summed E-state index contributed by atoms with van der Waals surface area (Å²) in [5, 5.41) is 3.13. The molecule has 0 radical (unpaired) electrons. The third kappa shape index (κ3) is 5.54. The molecule has 1 saturated heterocycles. The van der Waals surface area contributed by atoms with Gasteiger partial charge in [-0.1, -0.05) is 54.6 Å². The van der Waals surface area contributed by atoms with Gasteiger partial charge < -0.3 is 14.6 Å². The summed E-state index contributed by atoms with van der Waals surface area (Å²) < 4.78 is 7.61. The molecule has 1 aromatic heterocycles. The zero-order valence-electron chi connectivity index (χ0n) is 20.2. The fourth-order valence-electron chi connectivity index (χ4n) is 4.88. The Balaban J connectivity index is 1.29. The number of imidazole rings is 1. The molecule has 2 heterocycles. The van der Waals surface area contributed by atoms with Gasteiger partial charge in [-0.15, -0.1) is 0 Å². The van der Waals surface area contributed by atoms with Gasteiger partial charge in [0.2, 0.25) is 5.91 Å². The number of ether oxygens (including phenoxy) is 1. The highest BCUT2D eigenvalue weighted by Gasteiger charge is 2.27. The number of aromatic nitrogens is 2. The molecule has 3 aromatic carbocycles. The van der Waals surface area contributed by atoms with Crippen molar-refractivity contribution in [3.05, 3.63) is 95.8 Å². The number of rotatable bonds is 8. The number of amides is 1. The highest BCUT2D eigenvalue weighted by molar-refractivity contribution is 5.79. The molecule has 6 heteroatoms. The Bertz CT molecular complexity index is 1270. The molecular weight excluding hydrogens is 436 g/mol. The molecule has 1 aliphatic rings. The number of carbonyl (C=O) groups is 1. The topological polar surface area (TPSA) is 59.4 Å². The lowest BCUT2D eigenvalue weighted by Gasteiger charge is -2.31. The molecule has 1 N–H and O–H groups in total.